The Kier molecular flexibility index (Phi) is 5.20. The van der Waals surface area contributed by atoms with Crippen molar-refractivity contribution in [1.29, 1.82) is 0 Å². The maximum Gasteiger partial charge on any atom is 0.216 e. The van der Waals surface area contributed by atoms with Gasteiger partial charge >= 0.3 is 0 Å². The maximum atomic E-state index is 5.51. The van der Waals surface area contributed by atoms with Crippen LogP contribution in [0.5, 0.6) is 11.5 Å². The molecule has 2 aromatic rings. The highest BCUT2D eigenvalue weighted by molar-refractivity contribution is 7.71. The van der Waals surface area contributed by atoms with Crippen molar-refractivity contribution >= 4 is 18.4 Å². The van der Waals surface area contributed by atoms with Crippen molar-refractivity contribution in [3.8, 4) is 11.5 Å². The Morgan fingerprint density at radius 1 is 1.35 bits per heavy atom. The molecule has 7 heteroatoms. The molecule has 0 saturated heterocycles. The van der Waals surface area contributed by atoms with Gasteiger partial charge in [0.05, 0.1) is 19.9 Å². The lowest BCUT2D eigenvalue weighted by molar-refractivity contribution is 0.311. The molecule has 124 valence electrons. The first-order valence-electron chi connectivity index (χ1n) is 7.40. The number of benzene rings is 1. The van der Waals surface area contributed by atoms with Gasteiger partial charge in [-0.25, -0.2) is 0 Å². The zero-order chi connectivity index (χ0) is 17.0. The van der Waals surface area contributed by atoms with E-state index in [2.05, 4.69) is 36.1 Å². The van der Waals surface area contributed by atoms with Crippen LogP contribution in [0, 0.1) is 4.77 Å². The van der Waals surface area contributed by atoms with Gasteiger partial charge in [0.1, 0.15) is 0 Å². The predicted molar refractivity (Wildman–Crippen MR) is 93.3 cm³/mol. The second kappa shape index (κ2) is 6.95. The summed E-state index contributed by atoms with van der Waals surface area (Å²) in [6.07, 6.45) is 1.72. The zero-order valence-corrected chi connectivity index (χ0v) is 14.9. The van der Waals surface area contributed by atoms with E-state index < -0.39 is 0 Å². The summed E-state index contributed by atoms with van der Waals surface area (Å²) in [5.74, 6) is 2.15. The number of hydrogen-bond acceptors (Lipinski definition) is 5. The fraction of sp³-hybridized carbons (Fsp3) is 0.438. The van der Waals surface area contributed by atoms with Crippen molar-refractivity contribution in [2.45, 2.75) is 33.1 Å². The topological polar surface area (TPSA) is 64.4 Å². The molecular formula is C16H22N4O2S. The van der Waals surface area contributed by atoms with E-state index in [1.165, 1.54) is 0 Å². The first-order valence-corrected chi connectivity index (χ1v) is 7.80. The number of nitrogens with one attached hydrogen (secondary N) is 1. The molecule has 1 heterocycles. The monoisotopic (exact) mass is 334 g/mol. The van der Waals surface area contributed by atoms with E-state index in [4.69, 9.17) is 21.7 Å². The summed E-state index contributed by atoms with van der Waals surface area (Å²) in [5, 5.41) is 11.5. The van der Waals surface area contributed by atoms with Crippen LogP contribution >= 0.6 is 12.2 Å². The minimum absolute atomic E-state index is 0.165. The lowest BCUT2D eigenvalue weighted by atomic mass is 9.96. The second-order valence-corrected chi connectivity index (χ2v) is 6.39. The normalized spacial score (nSPS) is 11.9. The van der Waals surface area contributed by atoms with Gasteiger partial charge in [-0.15, -0.1) is 0 Å². The fourth-order valence-corrected chi connectivity index (χ4v) is 2.23. The molecule has 0 unspecified atom stereocenters. The smallest absolute Gasteiger partial charge is 0.216 e. The fourth-order valence-electron chi connectivity index (χ4n) is 2.05. The summed E-state index contributed by atoms with van der Waals surface area (Å²) >= 11 is 5.25. The van der Waals surface area contributed by atoms with Gasteiger partial charge in [-0.05, 0) is 42.9 Å². The van der Waals surface area contributed by atoms with Crippen LogP contribution < -0.4 is 9.47 Å². The summed E-state index contributed by atoms with van der Waals surface area (Å²) in [4.78, 5) is 0. The number of aromatic nitrogens is 3. The molecule has 1 aromatic carbocycles. The molecular weight excluding hydrogens is 312 g/mol. The first kappa shape index (κ1) is 17.2. The molecule has 0 aliphatic heterocycles. The average Bonchev–Trinajstić information content (AvgIpc) is 2.87. The number of methoxy groups -OCH3 is 1. The van der Waals surface area contributed by atoms with Crippen molar-refractivity contribution in [3.05, 3.63) is 34.4 Å². The molecule has 0 aliphatic rings. The molecule has 0 radical (unpaired) electrons. The lowest BCUT2D eigenvalue weighted by Gasteiger charge is -2.15. The quantitative estimate of drug-likeness (QED) is 0.671. The number of H-pyrrole nitrogens is 1. The highest BCUT2D eigenvalue weighted by Gasteiger charge is 2.21. The van der Waals surface area contributed by atoms with Crippen LogP contribution in [0.1, 0.15) is 39.1 Å². The van der Waals surface area contributed by atoms with Gasteiger partial charge in [0.15, 0.2) is 17.3 Å². The van der Waals surface area contributed by atoms with Crippen molar-refractivity contribution in [3.63, 3.8) is 0 Å². The van der Waals surface area contributed by atoms with Gasteiger partial charge in [0.2, 0.25) is 4.77 Å². The Morgan fingerprint density at radius 3 is 2.70 bits per heavy atom. The molecule has 0 saturated carbocycles. The van der Waals surface area contributed by atoms with Crippen LogP contribution in [0.4, 0.5) is 0 Å². The van der Waals surface area contributed by atoms with Crippen LogP contribution in [0.25, 0.3) is 0 Å². The Balaban J connectivity index is 2.35. The maximum absolute atomic E-state index is 5.51. The van der Waals surface area contributed by atoms with E-state index >= 15 is 0 Å². The van der Waals surface area contributed by atoms with Crippen LogP contribution in [-0.2, 0) is 5.41 Å². The van der Waals surface area contributed by atoms with Crippen molar-refractivity contribution in [1.82, 2.24) is 14.9 Å². The molecule has 0 atom stereocenters. The van der Waals surface area contributed by atoms with Gasteiger partial charge in [-0.2, -0.15) is 14.9 Å². The largest absolute Gasteiger partial charge is 0.493 e. The first-order chi connectivity index (χ1) is 10.9. The summed E-state index contributed by atoms with van der Waals surface area (Å²) < 4.78 is 13.0. The summed E-state index contributed by atoms with van der Waals surface area (Å²) in [6.45, 7) is 8.70. The number of rotatable bonds is 5. The van der Waals surface area contributed by atoms with E-state index in [0.29, 0.717) is 22.9 Å². The summed E-state index contributed by atoms with van der Waals surface area (Å²) in [6, 6.07) is 5.65. The predicted octanol–water partition coefficient (Wildman–Crippen LogP) is 3.53. The van der Waals surface area contributed by atoms with E-state index in [1.807, 2.05) is 25.1 Å². The van der Waals surface area contributed by atoms with Crippen molar-refractivity contribution in [2.24, 2.45) is 5.10 Å². The van der Waals surface area contributed by atoms with E-state index in [0.717, 1.165) is 11.4 Å². The molecule has 1 N–H and O–H groups in total. The van der Waals surface area contributed by atoms with Crippen LogP contribution in [-0.4, -0.2) is 34.8 Å². The van der Waals surface area contributed by atoms with Crippen LogP contribution in [0.2, 0.25) is 0 Å². The molecule has 0 aliphatic carbocycles. The van der Waals surface area contributed by atoms with Crippen molar-refractivity contribution < 1.29 is 9.47 Å². The average molecular weight is 334 g/mol. The van der Waals surface area contributed by atoms with E-state index in [1.54, 1.807) is 18.0 Å². The highest BCUT2D eigenvalue weighted by atomic mass is 32.1. The number of nitrogens with zero attached hydrogens (tertiary/aromatic N) is 3. The standard InChI is InChI=1S/C16H22N4O2S/c1-6-22-12-8-7-11(9-13(12)21-5)10-17-20-14(16(2,3)4)18-19-15(20)23/h7-10H,6H2,1-5H3,(H,19,23)/b17-10-. The SMILES string of the molecule is CCOc1ccc(/C=N\n2c(C(C)(C)C)n[nH]c2=S)cc1OC. The summed E-state index contributed by atoms with van der Waals surface area (Å²) in [5.41, 5.74) is 0.717. The van der Waals surface area contributed by atoms with Gasteiger partial charge in [0, 0.05) is 5.41 Å². The molecule has 23 heavy (non-hydrogen) atoms. The molecule has 6 nitrogen and oxygen atoms in total. The summed E-state index contributed by atoms with van der Waals surface area (Å²) in [7, 11) is 1.61. The minimum atomic E-state index is -0.165. The number of ether oxygens (including phenoxy) is 2. The van der Waals surface area contributed by atoms with E-state index in [-0.39, 0.29) is 5.41 Å². The lowest BCUT2D eigenvalue weighted by Crippen LogP contribution is -2.17. The van der Waals surface area contributed by atoms with Crippen molar-refractivity contribution in [2.75, 3.05) is 13.7 Å². The third kappa shape index (κ3) is 3.98. The number of hydrogen-bond donors (Lipinski definition) is 1. The Morgan fingerprint density at radius 2 is 2.09 bits per heavy atom. The van der Waals surface area contributed by atoms with Gasteiger partial charge in [0.25, 0.3) is 0 Å². The Labute approximate surface area is 141 Å². The number of aromatic amines is 1. The van der Waals surface area contributed by atoms with E-state index in [9.17, 15) is 0 Å². The molecule has 2 rings (SSSR count). The molecule has 1 aromatic heterocycles. The third-order valence-corrected chi connectivity index (χ3v) is 3.40. The molecule has 0 amide bonds. The highest BCUT2D eigenvalue weighted by Crippen LogP contribution is 2.27. The van der Waals surface area contributed by atoms with Gasteiger partial charge in [-0.3, -0.25) is 5.10 Å². The molecule has 0 bridgehead atoms. The van der Waals surface area contributed by atoms with Crippen LogP contribution in [0.3, 0.4) is 0 Å². The molecule has 0 spiro atoms. The van der Waals surface area contributed by atoms with Crippen LogP contribution in [0.15, 0.2) is 23.3 Å². The second-order valence-electron chi connectivity index (χ2n) is 6.00. The minimum Gasteiger partial charge on any atom is -0.493 e. The Bertz CT molecular complexity index is 756. The van der Waals surface area contributed by atoms with Gasteiger partial charge < -0.3 is 9.47 Å². The van der Waals surface area contributed by atoms with Gasteiger partial charge in [-0.1, -0.05) is 20.8 Å². The zero-order valence-electron chi connectivity index (χ0n) is 14.1. The molecule has 0 fully saturated rings. The third-order valence-electron chi connectivity index (χ3n) is 3.13. The Hall–Kier alpha value is -2.15.